The molecule has 0 unspecified atom stereocenters. The van der Waals surface area contributed by atoms with E-state index in [4.69, 9.17) is 0 Å². The molecule has 0 aromatic heterocycles. The van der Waals surface area contributed by atoms with Crippen molar-refractivity contribution >= 4 is 11.6 Å². The van der Waals surface area contributed by atoms with Crippen molar-refractivity contribution < 1.29 is 15.0 Å². The second-order valence-electron chi connectivity index (χ2n) is 10.0. The molecule has 4 heteroatoms. The number of benzene rings is 2. The molecule has 0 spiro atoms. The molecular weight excluding hydrogens is 362 g/mol. The smallest absolute Gasteiger partial charge is 0.224 e. The molecule has 2 aromatic carbocycles. The van der Waals surface area contributed by atoms with Crippen LogP contribution in [0.25, 0.3) is 0 Å². The molecular formula is C25H35NO3. The number of aromatic hydroxyl groups is 2. The number of carbonyl (C=O) groups excluding carboxylic acids is 1. The summed E-state index contributed by atoms with van der Waals surface area (Å²) >= 11 is 0. The standard InChI is InChI=1S/C25H35NO3/c1-15-11-18(12-16(2)22(15)28)26-21(27)10-9-17-13-19(24(3,4)5)23(29)20(14-17)25(6,7)8/h11-14,28-29H,9-10H2,1-8H3,(H,26,27). The first-order valence-electron chi connectivity index (χ1n) is 10.2. The van der Waals surface area contributed by atoms with Gasteiger partial charge in [-0.05, 0) is 71.0 Å². The van der Waals surface area contributed by atoms with Crippen LogP contribution in [0.3, 0.4) is 0 Å². The first-order valence-corrected chi connectivity index (χ1v) is 10.2. The molecule has 0 saturated carbocycles. The van der Waals surface area contributed by atoms with Crippen LogP contribution in [0, 0.1) is 13.8 Å². The lowest BCUT2D eigenvalue weighted by molar-refractivity contribution is -0.116. The first-order chi connectivity index (χ1) is 13.2. The molecule has 158 valence electrons. The van der Waals surface area contributed by atoms with Gasteiger partial charge < -0.3 is 15.5 Å². The summed E-state index contributed by atoms with van der Waals surface area (Å²) in [7, 11) is 0. The molecule has 0 aliphatic heterocycles. The summed E-state index contributed by atoms with van der Waals surface area (Å²) in [5.74, 6) is 0.543. The van der Waals surface area contributed by atoms with E-state index in [0.29, 0.717) is 24.3 Å². The van der Waals surface area contributed by atoms with Gasteiger partial charge in [0, 0.05) is 12.1 Å². The second-order valence-corrected chi connectivity index (χ2v) is 10.0. The molecule has 2 aromatic rings. The fraction of sp³-hybridized carbons (Fsp3) is 0.480. The number of aryl methyl sites for hydroxylation is 3. The third kappa shape index (κ3) is 5.53. The number of hydrogen-bond acceptors (Lipinski definition) is 3. The van der Waals surface area contributed by atoms with Gasteiger partial charge in [0.05, 0.1) is 0 Å². The maximum atomic E-state index is 12.5. The van der Waals surface area contributed by atoms with Gasteiger partial charge in [0.15, 0.2) is 0 Å². The second kappa shape index (κ2) is 8.10. The van der Waals surface area contributed by atoms with Crippen molar-refractivity contribution in [3.63, 3.8) is 0 Å². The highest BCUT2D eigenvalue weighted by Crippen LogP contribution is 2.40. The first kappa shape index (κ1) is 22.8. The van der Waals surface area contributed by atoms with E-state index < -0.39 is 0 Å². The van der Waals surface area contributed by atoms with Gasteiger partial charge in [-0.1, -0.05) is 53.7 Å². The van der Waals surface area contributed by atoms with E-state index in [2.05, 4.69) is 46.9 Å². The Balaban J connectivity index is 2.22. The van der Waals surface area contributed by atoms with Crippen molar-refractivity contribution in [2.24, 2.45) is 0 Å². The maximum absolute atomic E-state index is 12.5. The fourth-order valence-corrected chi connectivity index (χ4v) is 3.49. The zero-order chi connectivity index (χ0) is 22.1. The Morgan fingerprint density at radius 2 is 1.28 bits per heavy atom. The zero-order valence-corrected chi connectivity index (χ0v) is 19.0. The number of anilines is 1. The quantitative estimate of drug-likeness (QED) is 0.564. The topological polar surface area (TPSA) is 69.6 Å². The highest BCUT2D eigenvalue weighted by Gasteiger charge is 2.26. The van der Waals surface area contributed by atoms with Crippen molar-refractivity contribution in [1.82, 2.24) is 0 Å². The van der Waals surface area contributed by atoms with Crippen LogP contribution in [0.4, 0.5) is 5.69 Å². The van der Waals surface area contributed by atoms with Gasteiger partial charge in [-0.25, -0.2) is 0 Å². The van der Waals surface area contributed by atoms with E-state index >= 15 is 0 Å². The van der Waals surface area contributed by atoms with Gasteiger partial charge in [0.2, 0.25) is 5.91 Å². The van der Waals surface area contributed by atoms with Crippen LogP contribution >= 0.6 is 0 Å². The third-order valence-electron chi connectivity index (χ3n) is 5.20. The van der Waals surface area contributed by atoms with Gasteiger partial charge in [0.1, 0.15) is 11.5 Å². The number of nitrogens with one attached hydrogen (secondary N) is 1. The van der Waals surface area contributed by atoms with Crippen LogP contribution in [0.1, 0.15) is 75.8 Å². The highest BCUT2D eigenvalue weighted by atomic mass is 16.3. The van der Waals surface area contributed by atoms with Crippen molar-refractivity contribution in [3.8, 4) is 11.5 Å². The number of phenolic OH excluding ortho intramolecular Hbond substituents is 2. The van der Waals surface area contributed by atoms with Crippen molar-refractivity contribution in [2.45, 2.75) is 79.1 Å². The molecule has 0 aliphatic carbocycles. The van der Waals surface area contributed by atoms with Gasteiger partial charge in [-0.15, -0.1) is 0 Å². The molecule has 0 fully saturated rings. The van der Waals surface area contributed by atoms with Gasteiger partial charge >= 0.3 is 0 Å². The van der Waals surface area contributed by atoms with Crippen LogP contribution < -0.4 is 5.32 Å². The molecule has 2 rings (SSSR count). The Kier molecular flexibility index (Phi) is 6.36. The summed E-state index contributed by atoms with van der Waals surface area (Å²) in [5.41, 5.74) is 4.65. The number of amides is 1. The minimum atomic E-state index is -0.191. The van der Waals surface area contributed by atoms with Crippen LogP contribution in [0.5, 0.6) is 11.5 Å². The van der Waals surface area contributed by atoms with Crippen molar-refractivity contribution in [1.29, 1.82) is 0 Å². The predicted octanol–water partition coefficient (Wildman–Crippen LogP) is 5.88. The van der Waals surface area contributed by atoms with Gasteiger partial charge in [-0.2, -0.15) is 0 Å². The summed E-state index contributed by atoms with van der Waals surface area (Å²) in [6, 6.07) is 7.59. The maximum Gasteiger partial charge on any atom is 0.224 e. The lowest BCUT2D eigenvalue weighted by Gasteiger charge is -2.28. The van der Waals surface area contributed by atoms with E-state index in [-0.39, 0.29) is 22.5 Å². The molecule has 4 nitrogen and oxygen atoms in total. The number of hydrogen-bond donors (Lipinski definition) is 3. The van der Waals surface area contributed by atoms with Crippen molar-refractivity contribution in [2.75, 3.05) is 5.32 Å². The van der Waals surface area contributed by atoms with E-state index in [1.165, 1.54) is 0 Å². The molecule has 3 N–H and O–H groups in total. The predicted molar refractivity (Wildman–Crippen MR) is 120 cm³/mol. The average molecular weight is 398 g/mol. The van der Waals surface area contributed by atoms with Crippen LogP contribution in [-0.4, -0.2) is 16.1 Å². The Bertz CT molecular complexity index is 857. The molecule has 29 heavy (non-hydrogen) atoms. The summed E-state index contributed by atoms with van der Waals surface area (Å²) in [6.07, 6.45) is 0.936. The molecule has 0 aliphatic rings. The summed E-state index contributed by atoms with van der Waals surface area (Å²) < 4.78 is 0. The lowest BCUT2D eigenvalue weighted by atomic mass is 9.78. The summed E-state index contributed by atoms with van der Waals surface area (Å²) in [4.78, 5) is 12.5. The SMILES string of the molecule is Cc1cc(NC(=O)CCc2cc(C(C)(C)C)c(O)c(C(C)(C)C)c2)cc(C)c1O. The van der Waals surface area contributed by atoms with Gasteiger partial charge in [-0.3, -0.25) is 4.79 Å². The molecule has 0 bridgehead atoms. The third-order valence-corrected chi connectivity index (χ3v) is 5.20. The zero-order valence-electron chi connectivity index (χ0n) is 19.0. The Hall–Kier alpha value is -2.49. The average Bonchev–Trinajstić information content (AvgIpc) is 2.56. The van der Waals surface area contributed by atoms with E-state index in [1.54, 1.807) is 12.1 Å². The van der Waals surface area contributed by atoms with E-state index in [9.17, 15) is 15.0 Å². The Labute approximate surface area is 175 Å². The molecule has 1 amide bonds. The van der Waals surface area contributed by atoms with Crippen LogP contribution in [-0.2, 0) is 22.0 Å². The fourth-order valence-electron chi connectivity index (χ4n) is 3.49. The highest BCUT2D eigenvalue weighted by molar-refractivity contribution is 5.91. The molecule has 0 atom stereocenters. The summed E-state index contributed by atoms with van der Waals surface area (Å²) in [6.45, 7) is 16.1. The van der Waals surface area contributed by atoms with Crippen LogP contribution in [0.15, 0.2) is 24.3 Å². The Morgan fingerprint density at radius 3 is 1.69 bits per heavy atom. The minimum absolute atomic E-state index is 0.0721. The van der Waals surface area contributed by atoms with Crippen molar-refractivity contribution in [3.05, 3.63) is 52.1 Å². The number of rotatable bonds is 4. The van der Waals surface area contributed by atoms with E-state index in [1.807, 2.05) is 26.0 Å². The van der Waals surface area contributed by atoms with E-state index in [0.717, 1.165) is 27.8 Å². The Morgan fingerprint density at radius 1 is 0.828 bits per heavy atom. The monoisotopic (exact) mass is 397 g/mol. The van der Waals surface area contributed by atoms with Gasteiger partial charge in [0.25, 0.3) is 0 Å². The lowest BCUT2D eigenvalue weighted by Crippen LogP contribution is -2.18. The summed E-state index contributed by atoms with van der Waals surface area (Å²) in [5, 5.41) is 23.6. The molecule has 0 heterocycles. The number of phenols is 2. The largest absolute Gasteiger partial charge is 0.507 e. The minimum Gasteiger partial charge on any atom is -0.507 e. The number of carbonyl (C=O) groups is 1. The molecule has 0 radical (unpaired) electrons. The van der Waals surface area contributed by atoms with Crippen LogP contribution in [0.2, 0.25) is 0 Å². The molecule has 0 saturated heterocycles. The normalized spacial score (nSPS) is 12.1.